The molecule has 1 aromatic heterocycles. The van der Waals surface area contributed by atoms with Crippen molar-refractivity contribution in [1.29, 1.82) is 0 Å². The zero-order valence-electron chi connectivity index (χ0n) is 15.3. The first-order valence-corrected chi connectivity index (χ1v) is 8.44. The first-order chi connectivity index (χ1) is 10.1. The van der Waals surface area contributed by atoms with Gasteiger partial charge in [-0.15, -0.1) is 0 Å². The second-order valence-corrected chi connectivity index (χ2v) is 8.33. The smallest absolute Gasteiger partial charge is 0.399 e. The standard InChI is InChI=1S/C17H31BN2O2/c1-8-9-10-15(2,3)13-20-12-14(11-19-20)18-21-16(4,5)17(6,7)22-18/h11-12H,8-10,13H2,1-7H3. The Morgan fingerprint density at radius 2 is 1.77 bits per heavy atom. The van der Waals surface area contributed by atoms with Crippen molar-refractivity contribution in [1.82, 2.24) is 9.78 Å². The van der Waals surface area contributed by atoms with Gasteiger partial charge >= 0.3 is 7.12 Å². The van der Waals surface area contributed by atoms with Crippen molar-refractivity contribution < 1.29 is 9.31 Å². The minimum absolute atomic E-state index is 0.259. The maximum Gasteiger partial charge on any atom is 0.498 e. The molecule has 22 heavy (non-hydrogen) atoms. The molecule has 0 radical (unpaired) electrons. The third kappa shape index (κ3) is 3.74. The molecular formula is C17H31BN2O2. The summed E-state index contributed by atoms with van der Waals surface area (Å²) in [5, 5.41) is 4.51. The summed E-state index contributed by atoms with van der Waals surface area (Å²) < 4.78 is 14.2. The lowest BCUT2D eigenvalue weighted by Crippen LogP contribution is -2.41. The Morgan fingerprint density at radius 1 is 1.18 bits per heavy atom. The first-order valence-electron chi connectivity index (χ1n) is 8.44. The van der Waals surface area contributed by atoms with Crippen LogP contribution < -0.4 is 5.46 Å². The van der Waals surface area contributed by atoms with Crippen molar-refractivity contribution in [2.45, 2.75) is 85.5 Å². The van der Waals surface area contributed by atoms with Gasteiger partial charge in [0.15, 0.2) is 0 Å². The number of nitrogens with zero attached hydrogens (tertiary/aromatic N) is 2. The molecule has 1 fully saturated rings. The summed E-state index contributed by atoms with van der Waals surface area (Å²) in [4.78, 5) is 0. The molecule has 0 amide bonds. The first kappa shape index (κ1) is 17.5. The SMILES string of the molecule is CCCCC(C)(C)Cn1cc(B2OC(C)(C)C(C)(C)O2)cn1. The van der Waals surface area contributed by atoms with Gasteiger partial charge in [0.25, 0.3) is 0 Å². The van der Waals surface area contributed by atoms with Crippen LogP contribution >= 0.6 is 0 Å². The maximum absolute atomic E-state index is 6.08. The van der Waals surface area contributed by atoms with Crippen LogP contribution in [0.25, 0.3) is 0 Å². The van der Waals surface area contributed by atoms with Crippen LogP contribution in [0.5, 0.6) is 0 Å². The van der Waals surface area contributed by atoms with Crippen molar-refractivity contribution in [2.75, 3.05) is 0 Å². The van der Waals surface area contributed by atoms with Crippen LogP contribution in [0.1, 0.15) is 67.7 Å². The third-order valence-corrected chi connectivity index (χ3v) is 4.98. The monoisotopic (exact) mass is 306 g/mol. The molecule has 0 aliphatic carbocycles. The Morgan fingerprint density at radius 3 is 2.32 bits per heavy atom. The lowest BCUT2D eigenvalue weighted by atomic mass is 9.82. The van der Waals surface area contributed by atoms with E-state index in [1.165, 1.54) is 19.3 Å². The van der Waals surface area contributed by atoms with E-state index in [1.807, 2.05) is 10.9 Å². The fourth-order valence-corrected chi connectivity index (χ4v) is 2.74. The summed E-state index contributed by atoms with van der Waals surface area (Å²) in [5.41, 5.74) is 0.653. The van der Waals surface area contributed by atoms with Crippen molar-refractivity contribution in [3.8, 4) is 0 Å². The van der Waals surface area contributed by atoms with Crippen molar-refractivity contribution in [3.05, 3.63) is 12.4 Å². The fourth-order valence-electron chi connectivity index (χ4n) is 2.74. The molecule has 2 rings (SSSR count). The van der Waals surface area contributed by atoms with E-state index in [-0.39, 0.29) is 23.7 Å². The molecule has 2 heterocycles. The quantitative estimate of drug-likeness (QED) is 0.756. The lowest BCUT2D eigenvalue weighted by molar-refractivity contribution is 0.00578. The maximum atomic E-state index is 6.08. The molecule has 1 saturated heterocycles. The van der Waals surface area contributed by atoms with E-state index in [0.717, 1.165) is 12.0 Å². The molecule has 0 N–H and O–H groups in total. The fraction of sp³-hybridized carbons (Fsp3) is 0.824. The van der Waals surface area contributed by atoms with Gasteiger partial charge in [-0.3, -0.25) is 4.68 Å². The lowest BCUT2D eigenvalue weighted by Gasteiger charge is -2.32. The van der Waals surface area contributed by atoms with E-state index in [9.17, 15) is 0 Å². The van der Waals surface area contributed by atoms with Crippen LogP contribution in [0.2, 0.25) is 0 Å². The van der Waals surface area contributed by atoms with Gasteiger partial charge in [-0.1, -0.05) is 33.6 Å². The molecular weight excluding hydrogens is 275 g/mol. The highest BCUT2D eigenvalue weighted by Crippen LogP contribution is 2.36. The van der Waals surface area contributed by atoms with Crippen LogP contribution in [-0.2, 0) is 15.9 Å². The van der Waals surface area contributed by atoms with Gasteiger partial charge in [-0.2, -0.15) is 5.10 Å². The number of aromatic nitrogens is 2. The Bertz CT molecular complexity index is 493. The summed E-state index contributed by atoms with van der Waals surface area (Å²) in [6.07, 6.45) is 7.66. The number of rotatable bonds is 6. The highest BCUT2D eigenvalue weighted by molar-refractivity contribution is 6.61. The van der Waals surface area contributed by atoms with Gasteiger partial charge in [0.1, 0.15) is 0 Å². The highest BCUT2D eigenvalue weighted by Gasteiger charge is 2.52. The van der Waals surface area contributed by atoms with Gasteiger partial charge in [-0.25, -0.2) is 0 Å². The van der Waals surface area contributed by atoms with Gasteiger partial charge in [0, 0.05) is 24.4 Å². The average Bonchev–Trinajstić information content (AvgIpc) is 2.90. The van der Waals surface area contributed by atoms with E-state index in [2.05, 4.69) is 59.8 Å². The summed E-state index contributed by atoms with van der Waals surface area (Å²) in [7, 11) is -0.322. The Kier molecular flexibility index (Phi) is 4.79. The molecule has 0 bridgehead atoms. The molecule has 0 spiro atoms. The highest BCUT2D eigenvalue weighted by atomic mass is 16.7. The number of unbranched alkanes of at least 4 members (excludes halogenated alkanes) is 1. The predicted octanol–water partition coefficient (Wildman–Crippen LogP) is 3.40. The predicted molar refractivity (Wildman–Crippen MR) is 91.2 cm³/mol. The normalized spacial score (nSPS) is 20.6. The van der Waals surface area contributed by atoms with Crippen molar-refractivity contribution in [2.24, 2.45) is 5.41 Å². The Balaban J connectivity index is 2.04. The van der Waals surface area contributed by atoms with Gasteiger partial charge in [-0.05, 0) is 39.5 Å². The van der Waals surface area contributed by atoms with Crippen molar-refractivity contribution >= 4 is 12.6 Å². The van der Waals surface area contributed by atoms with Gasteiger partial charge < -0.3 is 9.31 Å². The topological polar surface area (TPSA) is 36.3 Å². The van der Waals surface area contributed by atoms with E-state index in [4.69, 9.17) is 9.31 Å². The van der Waals surface area contributed by atoms with Crippen LogP contribution in [-0.4, -0.2) is 28.1 Å². The van der Waals surface area contributed by atoms with E-state index in [1.54, 1.807) is 0 Å². The van der Waals surface area contributed by atoms with Gasteiger partial charge in [0.2, 0.25) is 0 Å². The van der Waals surface area contributed by atoms with E-state index < -0.39 is 0 Å². The molecule has 0 atom stereocenters. The third-order valence-electron chi connectivity index (χ3n) is 4.98. The van der Waals surface area contributed by atoms with Gasteiger partial charge in [0.05, 0.1) is 11.2 Å². The second-order valence-electron chi connectivity index (χ2n) is 8.33. The molecule has 124 valence electrons. The molecule has 1 aromatic rings. The Hall–Kier alpha value is -0.805. The molecule has 5 heteroatoms. The average molecular weight is 306 g/mol. The number of hydrogen-bond acceptors (Lipinski definition) is 3. The zero-order valence-corrected chi connectivity index (χ0v) is 15.3. The zero-order chi connectivity index (χ0) is 16.6. The summed E-state index contributed by atoms with van der Waals surface area (Å²) in [5.74, 6) is 0. The molecule has 0 unspecified atom stereocenters. The largest absolute Gasteiger partial charge is 0.498 e. The molecule has 1 aliphatic heterocycles. The van der Waals surface area contributed by atoms with Crippen LogP contribution in [0, 0.1) is 5.41 Å². The van der Waals surface area contributed by atoms with E-state index >= 15 is 0 Å². The second kappa shape index (κ2) is 6.01. The van der Waals surface area contributed by atoms with Crippen LogP contribution in [0.15, 0.2) is 12.4 Å². The van der Waals surface area contributed by atoms with Crippen molar-refractivity contribution in [3.63, 3.8) is 0 Å². The Labute approximate surface area is 135 Å². The minimum Gasteiger partial charge on any atom is -0.399 e. The summed E-state index contributed by atoms with van der Waals surface area (Å²) in [6, 6.07) is 0. The molecule has 0 aromatic carbocycles. The van der Waals surface area contributed by atoms with E-state index in [0.29, 0.717) is 0 Å². The summed E-state index contributed by atoms with van der Waals surface area (Å²) in [6.45, 7) is 16.1. The van der Waals surface area contributed by atoms with Crippen LogP contribution in [0.4, 0.5) is 0 Å². The number of hydrogen-bond donors (Lipinski definition) is 0. The molecule has 0 saturated carbocycles. The summed E-state index contributed by atoms with van der Waals surface area (Å²) >= 11 is 0. The molecule has 4 nitrogen and oxygen atoms in total. The van der Waals surface area contributed by atoms with Crippen LogP contribution in [0.3, 0.4) is 0 Å². The molecule has 1 aliphatic rings. The minimum atomic E-state index is -0.322.